The largest absolute Gasteiger partial charge is 0.456 e. The maximum Gasteiger partial charge on any atom is 0.143 e. The number of benzene rings is 25. The number of rotatable bonds is 6. The molecule has 0 spiro atoms. The Morgan fingerprint density at radius 2 is 0.390 bits per heavy atom. The van der Waals surface area contributed by atoms with Crippen molar-refractivity contribution in [2.24, 2.45) is 0 Å². The molecule has 25 aromatic carbocycles. The number of para-hydroxylation sites is 2. The predicted octanol–water partition coefficient (Wildman–Crippen LogP) is 38.5. The number of hydrogen-bond donors (Lipinski definition) is 0. The zero-order valence-electron chi connectivity index (χ0n) is 73.2. The normalized spacial score (nSPS) is 12.1. The molecule has 0 bridgehead atoms. The summed E-state index contributed by atoms with van der Waals surface area (Å²) in [4.78, 5) is 0. The van der Waals surface area contributed by atoms with Gasteiger partial charge >= 0.3 is 0 Å². The summed E-state index contributed by atoms with van der Waals surface area (Å²) >= 11 is 1.87. The van der Waals surface area contributed by atoms with Gasteiger partial charge in [-0.1, -0.05) is 334 Å². The molecule has 6 heteroatoms. The van der Waals surface area contributed by atoms with Gasteiger partial charge < -0.3 is 22.1 Å². The molecule has 630 valence electrons. The van der Waals surface area contributed by atoms with Crippen molar-refractivity contribution in [2.75, 3.05) is 0 Å². The Balaban J connectivity index is 0.0000000990. The van der Waals surface area contributed by atoms with Gasteiger partial charge in [-0.2, -0.15) is 0 Å². The first kappa shape index (κ1) is 76.1. The molecule has 0 radical (unpaired) electrons. The van der Waals surface area contributed by atoms with E-state index in [1.54, 1.807) is 0 Å². The predicted molar refractivity (Wildman–Crippen MR) is 576 cm³/mol. The van der Waals surface area contributed by atoms with Gasteiger partial charge in [-0.05, 0) is 273 Å². The highest BCUT2D eigenvalue weighted by Crippen LogP contribution is 2.53. The van der Waals surface area contributed by atoms with E-state index in [0.717, 1.165) is 121 Å². The van der Waals surface area contributed by atoms with Crippen molar-refractivity contribution >= 4 is 249 Å². The Hall–Kier alpha value is -17.7. The van der Waals surface area contributed by atoms with Crippen molar-refractivity contribution in [2.45, 2.75) is 0 Å². The molecule has 0 fully saturated rings. The van der Waals surface area contributed by atoms with Crippen molar-refractivity contribution in [1.82, 2.24) is 0 Å². The summed E-state index contributed by atoms with van der Waals surface area (Å²) in [5.41, 5.74) is 23.7. The molecule has 0 N–H and O–H groups in total. The fourth-order valence-electron chi connectivity index (χ4n) is 22.6. The highest BCUT2D eigenvalue weighted by Gasteiger charge is 2.26. The van der Waals surface area contributed by atoms with Gasteiger partial charge in [-0.3, -0.25) is 0 Å². The number of furan rings is 5. The average Bonchev–Trinajstić information content (AvgIpc) is 1.20. The van der Waals surface area contributed by atoms with Gasteiger partial charge in [0.25, 0.3) is 0 Å². The monoisotopic (exact) mass is 1750 g/mol. The van der Waals surface area contributed by atoms with E-state index in [1.807, 2.05) is 17.4 Å². The second-order valence-electron chi connectivity index (χ2n) is 36.1. The Labute approximate surface area is 781 Å². The summed E-state index contributed by atoms with van der Waals surface area (Å²) in [6.07, 6.45) is 0. The third-order valence-corrected chi connectivity index (χ3v) is 29.8. The lowest BCUT2D eigenvalue weighted by Gasteiger charge is -2.18. The van der Waals surface area contributed by atoms with Gasteiger partial charge in [0.1, 0.15) is 55.8 Å². The molecule has 0 aliphatic rings. The molecule has 0 saturated heterocycles. The quantitative estimate of drug-likeness (QED) is 0.155. The molecule has 0 aliphatic heterocycles. The van der Waals surface area contributed by atoms with E-state index in [1.165, 1.54) is 184 Å². The number of thiophene rings is 1. The van der Waals surface area contributed by atoms with E-state index < -0.39 is 0 Å². The van der Waals surface area contributed by atoms with E-state index >= 15 is 0 Å². The summed E-state index contributed by atoms with van der Waals surface area (Å²) in [5, 5.41) is 38.4. The molecule has 136 heavy (non-hydrogen) atoms. The molecule has 6 aromatic heterocycles. The van der Waals surface area contributed by atoms with Crippen LogP contribution in [0.1, 0.15) is 0 Å². The standard InChI is InChI=1S/C46H26O2.C42H24O2.C42H24OS/c1-2-11-29-26-43-40(23-28(29)10-1)39-25-31(18-21-41(39)47-43)45-35-15-7-5-13-33(35)44(34-14-6-8-16-36(34)45)30-19-22-42-38(24-30)37-20-17-27-9-3-4-12-32(27)46(37)48-42;1-2-11-26-24-39-36(22-25(26)10-1)35-23-27(20-21-38(35)43-39)40-29-13-3-5-15-31(29)41(32-16-6-4-14-30(32)40)34-18-9-17-33-28-12-7-8-19-37(28)44-42(33)34;1-2-10-26-24-38-35(21-25(26)9-1)34-22-27(17-19-37(34)43-38)41-30-12-3-5-14-32(30)42(33-15-6-4-13-31(33)41)28-18-20-40-36(23-28)29-11-7-8-16-39(29)44-40/h1-26H;2*1-24H. The topological polar surface area (TPSA) is 65.7 Å². The van der Waals surface area contributed by atoms with Gasteiger partial charge in [0.15, 0.2) is 0 Å². The van der Waals surface area contributed by atoms with Crippen LogP contribution < -0.4 is 0 Å². The van der Waals surface area contributed by atoms with E-state index in [0.29, 0.717) is 0 Å². The molecule has 0 aliphatic carbocycles. The second kappa shape index (κ2) is 29.9. The van der Waals surface area contributed by atoms with Crippen LogP contribution in [-0.2, 0) is 0 Å². The first-order valence-electron chi connectivity index (χ1n) is 46.4. The van der Waals surface area contributed by atoms with Crippen molar-refractivity contribution in [3.05, 3.63) is 449 Å². The zero-order valence-corrected chi connectivity index (χ0v) is 74.0. The first-order valence-corrected chi connectivity index (χ1v) is 47.3. The van der Waals surface area contributed by atoms with Crippen LogP contribution in [0.25, 0.3) is 304 Å². The maximum absolute atomic E-state index is 6.55. The first-order chi connectivity index (χ1) is 67.4. The fraction of sp³-hybridized carbons (Fsp3) is 0. The molecular formula is C130H74O5S. The van der Waals surface area contributed by atoms with Crippen LogP contribution in [-0.4, -0.2) is 0 Å². The second-order valence-corrected chi connectivity index (χ2v) is 37.2. The molecule has 31 aromatic rings. The van der Waals surface area contributed by atoms with Crippen LogP contribution in [0.4, 0.5) is 0 Å². The van der Waals surface area contributed by atoms with Crippen LogP contribution in [0.5, 0.6) is 0 Å². The van der Waals surface area contributed by atoms with Crippen LogP contribution in [0.3, 0.4) is 0 Å². The Morgan fingerprint density at radius 3 is 0.794 bits per heavy atom. The molecule has 6 heterocycles. The van der Waals surface area contributed by atoms with E-state index in [4.69, 9.17) is 22.1 Å². The van der Waals surface area contributed by atoms with Crippen molar-refractivity contribution in [1.29, 1.82) is 0 Å². The SMILES string of the molecule is c1ccc2cc3c(cc2c1)oc1ccc(-c2c4ccccc4c(-c4ccc5oc6c7ccccc7ccc6c5c4)c4ccccc24)cc13.c1ccc2cc3c(cc2c1)oc1ccc(-c2c4ccccc4c(-c4ccc5sc6ccccc6c5c4)c4ccccc24)cc13.c1ccc2cc3c(cc2c1)oc1ccc(-c2c4ccccc4c(-c4cccc5c4oc4ccccc45)c4ccccc24)cc13. The molecule has 5 nitrogen and oxygen atoms in total. The van der Waals surface area contributed by atoms with Crippen molar-refractivity contribution in [3.63, 3.8) is 0 Å². The van der Waals surface area contributed by atoms with Crippen LogP contribution >= 0.6 is 11.3 Å². The summed E-state index contributed by atoms with van der Waals surface area (Å²) in [5.74, 6) is 0. The van der Waals surface area contributed by atoms with E-state index in [-0.39, 0.29) is 0 Å². The van der Waals surface area contributed by atoms with Crippen LogP contribution in [0.15, 0.2) is 471 Å². The highest BCUT2D eigenvalue weighted by atomic mass is 32.1. The minimum absolute atomic E-state index is 0.904. The lowest BCUT2D eigenvalue weighted by molar-refractivity contribution is 0.669. The smallest absolute Gasteiger partial charge is 0.143 e. The Bertz CT molecular complexity index is 10300. The minimum Gasteiger partial charge on any atom is -0.456 e. The zero-order chi connectivity index (χ0) is 88.9. The summed E-state index contributed by atoms with van der Waals surface area (Å²) in [7, 11) is 0. The fourth-order valence-corrected chi connectivity index (χ4v) is 23.7. The van der Waals surface area contributed by atoms with Crippen molar-refractivity contribution in [3.8, 4) is 66.8 Å². The van der Waals surface area contributed by atoms with Gasteiger partial charge in [0.2, 0.25) is 0 Å². The molecular weight excluding hydrogens is 1670 g/mol. The summed E-state index contributed by atoms with van der Waals surface area (Å²) in [6.45, 7) is 0. The lowest BCUT2D eigenvalue weighted by atomic mass is 9.85. The third kappa shape index (κ3) is 11.8. The molecule has 0 atom stereocenters. The Morgan fingerprint density at radius 1 is 0.125 bits per heavy atom. The minimum atomic E-state index is 0.904. The number of fused-ring (bicyclic) bond motifs is 29. The van der Waals surface area contributed by atoms with Crippen molar-refractivity contribution < 1.29 is 22.1 Å². The lowest BCUT2D eigenvalue weighted by Crippen LogP contribution is -1.91. The highest BCUT2D eigenvalue weighted by molar-refractivity contribution is 7.25. The number of hydrogen-bond acceptors (Lipinski definition) is 6. The average molecular weight is 1750 g/mol. The van der Waals surface area contributed by atoms with Crippen LogP contribution in [0.2, 0.25) is 0 Å². The Kier molecular flexibility index (Phi) is 16.7. The van der Waals surface area contributed by atoms with Gasteiger partial charge in [0.05, 0.1) is 0 Å². The summed E-state index contributed by atoms with van der Waals surface area (Å²) < 4.78 is 34.8. The van der Waals surface area contributed by atoms with Gasteiger partial charge in [-0.25, -0.2) is 0 Å². The molecule has 0 saturated carbocycles. The van der Waals surface area contributed by atoms with Gasteiger partial charge in [-0.15, -0.1) is 11.3 Å². The van der Waals surface area contributed by atoms with E-state index in [9.17, 15) is 0 Å². The van der Waals surface area contributed by atoms with Crippen LogP contribution in [0, 0.1) is 0 Å². The third-order valence-electron chi connectivity index (χ3n) is 28.7. The maximum atomic E-state index is 6.55. The summed E-state index contributed by atoms with van der Waals surface area (Å²) in [6, 6.07) is 162. The molecule has 0 unspecified atom stereocenters. The molecule has 31 rings (SSSR count). The van der Waals surface area contributed by atoms with Gasteiger partial charge in [0, 0.05) is 90.5 Å². The van der Waals surface area contributed by atoms with E-state index in [2.05, 4.69) is 443 Å². The molecule has 0 amide bonds.